The first-order chi connectivity index (χ1) is 9.63. The van der Waals surface area contributed by atoms with Gasteiger partial charge < -0.3 is 15.5 Å². The van der Waals surface area contributed by atoms with Crippen molar-refractivity contribution in [1.29, 1.82) is 0 Å². The monoisotopic (exact) mass is 269 g/mol. The Hall–Kier alpha value is -2.00. The van der Waals surface area contributed by atoms with Crippen LogP contribution in [-0.4, -0.2) is 16.8 Å². The average Bonchev–Trinajstić information content (AvgIpc) is 2.43. The largest absolute Gasteiger partial charge is 0.504 e. The Kier molecular flexibility index (Phi) is 3.36. The van der Waals surface area contributed by atoms with Crippen molar-refractivity contribution in [3.05, 3.63) is 58.7 Å². The molecule has 0 saturated carbocycles. The maximum atomic E-state index is 9.72. The molecule has 1 heterocycles. The summed E-state index contributed by atoms with van der Waals surface area (Å²) in [6.07, 6.45) is 1.77. The molecule has 0 amide bonds. The Morgan fingerprint density at radius 2 is 1.80 bits per heavy atom. The lowest BCUT2D eigenvalue weighted by Crippen LogP contribution is -2.31. The van der Waals surface area contributed by atoms with Crippen molar-refractivity contribution in [2.24, 2.45) is 0 Å². The van der Waals surface area contributed by atoms with Gasteiger partial charge in [-0.2, -0.15) is 0 Å². The van der Waals surface area contributed by atoms with Crippen LogP contribution < -0.4 is 5.32 Å². The molecule has 2 aromatic rings. The zero-order valence-electron chi connectivity index (χ0n) is 11.6. The Balaban J connectivity index is 1.89. The van der Waals surface area contributed by atoms with Crippen LogP contribution in [-0.2, 0) is 12.8 Å². The van der Waals surface area contributed by atoms with E-state index < -0.39 is 0 Å². The van der Waals surface area contributed by atoms with Gasteiger partial charge in [0.2, 0.25) is 0 Å². The molecule has 20 heavy (non-hydrogen) atoms. The fourth-order valence-electron chi connectivity index (χ4n) is 2.81. The van der Waals surface area contributed by atoms with Gasteiger partial charge in [-0.25, -0.2) is 0 Å². The predicted molar refractivity (Wildman–Crippen MR) is 79.1 cm³/mol. The average molecular weight is 269 g/mol. The first-order valence-electron chi connectivity index (χ1n) is 6.97. The third kappa shape index (κ3) is 2.49. The number of benzene rings is 2. The molecular formula is C17H19NO2. The van der Waals surface area contributed by atoms with Crippen LogP contribution in [0.15, 0.2) is 36.4 Å². The van der Waals surface area contributed by atoms with Gasteiger partial charge in [0.1, 0.15) is 0 Å². The van der Waals surface area contributed by atoms with E-state index in [-0.39, 0.29) is 17.5 Å². The number of hydrogen-bond acceptors (Lipinski definition) is 3. The Morgan fingerprint density at radius 3 is 2.55 bits per heavy atom. The van der Waals surface area contributed by atoms with Crippen LogP contribution in [0.4, 0.5) is 0 Å². The highest BCUT2D eigenvalue weighted by atomic mass is 16.3. The Morgan fingerprint density at radius 1 is 1.10 bits per heavy atom. The molecule has 3 nitrogen and oxygen atoms in total. The van der Waals surface area contributed by atoms with E-state index in [9.17, 15) is 10.2 Å². The number of aryl methyl sites for hydroxylation is 1. The lowest BCUT2D eigenvalue weighted by atomic mass is 9.90. The Bertz CT molecular complexity index is 620. The minimum Gasteiger partial charge on any atom is -0.504 e. The fourth-order valence-corrected chi connectivity index (χ4v) is 2.81. The number of aromatic hydroxyl groups is 2. The molecule has 104 valence electrons. The van der Waals surface area contributed by atoms with Gasteiger partial charge in [0.15, 0.2) is 11.5 Å². The zero-order valence-corrected chi connectivity index (χ0v) is 11.6. The van der Waals surface area contributed by atoms with Gasteiger partial charge in [0, 0.05) is 6.04 Å². The summed E-state index contributed by atoms with van der Waals surface area (Å²) >= 11 is 0. The summed E-state index contributed by atoms with van der Waals surface area (Å²) in [6, 6.07) is 12.1. The molecule has 0 aromatic heterocycles. The van der Waals surface area contributed by atoms with E-state index in [0.29, 0.717) is 0 Å². The molecule has 0 spiro atoms. The van der Waals surface area contributed by atoms with Crippen molar-refractivity contribution >= 4 is 0 Å². The molecule has 3 rings (SSSR count). The highest BCUT2D eigenvalue weighted by Gasteiger charge is 2.21. The van der Waals surface area contributed by atoms with Gasteiger partial charge in [-0.15, -0.1) is 0 Å². The van der Waals surface area contributed by atoms with Crippen molar-refractivity contribution in [2.75, 3.05) is 6.54 Å². The SMILES string of the molecule is Cc1ccc(CC2NCCc3cc(O)c(O)cc32)cc1. The second-order valence-corrected chi connectivity index (χ2v) is 5.49. The summed E-state index contributed by atoms with van der Waals surface area (Å²) in [5.41, 5.74) is 4.74. The van der Waals surface area contributed by atoms with Crippen LogP contribution in [0.1, 0.15) is 28.3 Å². The molecule has 2 aromatic carbocycles. The molecule has 1 atom stereocenters. The van der Waals surface area contributed by atoms with Crippen molar-refractivity contribution < 1.29 is 10.2 Å². The van der Waals surface area contributed by atoms with Crippen molar-refractivity contribution in [1.82, 2.24) is 5.32 Å². The number of rotatable bonds is 2. The highest BCUT2D eigenvalue weighted by molar-refractivity contribution is 5.48. The molecule has 0 aliphatic carbocycles. The van der Waals surface area contributed by atoms with E-state index in [1.54, 1.807) is 12.1 Å². The summed E-state index contributed by atoms with van der Waals surface area (Å²) < 4.78 is 0. The van der Waals surface area contributed by atoms with Crippen LogP contribution in [0.2, 0.25) is 0 Å². The number of phenols is 2. The molecule has 1 aliphatic rings. The maximum Gasteiger partial charge on any atom is 0.157 e. The molecule has 0 radical (unpaired) electrons. The zero-order chi connectivity index (χ0) is 14.1. The van der Waals surface area contributed by atoms with Gasteiger partial charge >= 0.3 is 0 Å². The summed E-state index contributed by atoms with van der Waals surface area (Å²) in [5, 5.41) is 22.8. The van der Waals surface area contributed by atoms with Crippen LogP contribution in [0, 0.1) is 6.92 Å². The van der Waals surface area contributed by atoms with Crippen LogP contribution in [0.25, 0.3) is 0 Å². The Labute approximate surface area is 118 Å². The van der Waals surface area contributed by atoms with Crippen LogP contribution in [0.3, 0.4) is 0 Å². The van der Waals surface area contributed by atoms with Crippen molar-refractivity contribution in [3.8, 4) is 11.5 Å². The van der Waals surface area contributed by atoms with E-state index in [2.05, 4.69) is 36.5 Å². The molecular weight excluding hydrogens is 250 g/mol. The van der Waals surface area contributed by atoms with Crippen molar-refractivity contribution in [3.63, 3.8) is 0 Å². The van der Waals surface area contributed by atoms with Crippen LogP contribution in [0.5, 0.6) is 11.5 Å². The van der Waals surface area contributed by atoms with E-state index in [1.807, 2.05) is 0 Å². The molecule has 0 saturated heterocycles. The lowest BCUT2D eigenvalue weighted by molar-refractivity contribution is 0.398. The molecule has 0 fully saturated rings. The van der Waals surface area contributed by atoms with Gasteiger partial charge in [-0.05, 0) is 55.1 Å². The second-order valence-electron chi connectivity index (χ2n) is 5.49. The number of hydrogen-bond donors (Lipinski definition) is 3. The summed E-state index contributed by atoms with van der Waals surface area (Å²) in [6.45, 7) is 2.98. The molecule has 1 unspecified atom stereocenters. The van der Waals surface area contributed by atoms with Crippen LogP contribution >= 0.6 is 0 Å². The van der Waals surface area contributed by atoms with E-state index in [4.69, 9.17) is 0 Å². The molecule has 1 aliphatic heterocycles. The smallest absolute Gasteiger partial charge is 0.157 e. The fraction of sp³-hybridized carbons (Fsp3) is 0.294. The number of nitrogens with one attached hydrogen (secondary N) is 1. The minimum atomic E-state index is -0.0404. The van der Waals surface area contributed by atoms with E-state index in [1.165, 1.54) is 11.1 Å². The third-order valence-electron chi connectivity index (χ3n) is 3.96. The predicted octanol–water partition coefficient (Wildman–Crippen LogP) is 2.84. The number of phenolic OH excluding ortho intramolecular Hbond substituents is 2. The van der Waals surface area contributed by atoms with E-state index >= 15 is 0 Å². The lowest BCUT2D eigenvalue weighted by Gasteiger charge is -2.27. The molecule has 0 bridgehead atoms. The first-order valence-corrected chi connectivity index (χ1v) is 6.97. The molecule has 3 heteroatoms. The van der Waals surface area contributed by atoms with Gasteiger partial charge in [0.25, 0.3) is 0 Å². The molecule has 3 N–H and O–H groups in total. The number of fused-ring (bicyclic) bond motifs is 1. The minimum absolute atomic E-state index is 0.0280. The first kappa shape index (κ1) is 13.0. The van der Waals surface area contributed by atoms with Gasteiger partial charge in [0.05, 0.1) is 0 Å². The van der Waals surface area contributed by atoms with Gasteiger partial charge in [-0.3, -0.25) is 0 Å². The standard InChI is InChI=1S/C17H19NO2/c1-11-2-4-12(5-3-11)8-15-14-10-17(20)16(19)9-13(14)6-7-18-15/h2-5,9-10,15,18-20H,6-8H2,1H3. The van der Waals surface area contributed by atoms with E-state index in [0.717, 1.165) is 30.5 Å². The third-order valence-corrected chi connectivity index (χ3v) is 3.96. The van der Waals surface area contributed by atoms with Crippen molar-refractivity contribution in [2.45, 2.75) is 25.8 Å². The highest BCUT2D eigenvalue weighted by Crippen LogP contribution is 2.34. The quantitative estimate of drug-likeness (QED) is 0.735. The summed E-state index contributed by atoms with van der Waals surface area (Å²) in [4.78, 5) is 0. The summed E-state index contributed by atoms with van der Waals surface area (Å²) in [7, 11) is 0. The second kappa shape index (κ2) is 5.17. The topological polar surface area (TPSA) is 52.5 Å². The summed E-state index contributed by atoms with van der Waals surface area (Å²) in [5.74, 6) is -0.0684. The maximum absolute atomic E-state index is 9.72. The van der Waals surface area contributed by atoms with Gasteiger partial charge in [-0.1, -0.05) is 29.8 Å². The normalized spacial score (nSPS) is 17.8.